The molecule has 2 aromatic heterocycles. The van der Waals surface area contributed by atoms with E-state index in [0.29, 0.717) is 5.78 Å². The topological polar surface area (TPSA) is 52.3 Å². The van der Waals surface area contributed by atoms with Crippen LogP contribution in [-0.2, 0) is 0 Å². The first-order valence-electron chi connectivity index (χ1n) is 5.81. The van der Waals surface area contributed by atoms with Gasteiger partial charge in [-0.15, -0.1) is 0 Å². The van der Waals surface area contributed by atoms with Gasteiger partial charge < -0.3 is 4.74 Å². The molecule has 96 valence electrons. The van der Waals surface area contributed by atoms with Crippen molar-refractivity contribution in [2.24, 2.45) is 0 Å². The van der Waals surface area contributed by atoms with E-state index in [2.05, 4.69) is 15.1 Å². The van der Waals surface area contributed by atoms with Crippen molar-refractivity contribution in [3.63, 3.8) is 0 Å². The van der Waals surface area contributed by atoms with Gasteiger partial charge in [0.05, 0.1) is 5.69 Å². The third kappa shape index (κ3) is 2.12. The van der Waals surface area contributed by atoms with Crippen molar-refractivity contribution in [2.75, 3.05) is 0 Å². The van der Waals surface area contributed by atoms with Gasteiger partial charge in [-0.2, -0.15) is 14.6 Å². The van der Waals surface area contributed by atoms with Gasteiger partial charge in [0.1, 0.15) is 12.4 Å². The van der Waals surface area contributed by atoms with E-state index in [-0.39, 0.29) is 11.9 Å². The van der Waals surface area contributed by atoms with E-state index in [9.17, 15) is 4.39 Å². The zero-order valence-corrected chi connectivity index (χ0v) is 10.2. The molecule has 0 amide bonds. The van der Waals surface area contributed by atoms with Gasteiger partial charge in [0, 0.05) is 6.20 Å². The van der Waals surface area contributed by atoms with Crippen molar-refractivity contribution in [3.8, 4) is 5.75 Å². The lowest BCUT2D eigenvalue weighted by molar-refractivity contribution is 0.209. The quantitative estimate of drug-likeness (QED) is 0.724. The molecule has 5 nitrogen and oxygen atoms in total. The van der Waals surface area contributed by atoms with E-state index >= 15 is 0 Å². The van der Waals surface area contributed by atoms with E-state index in [1.165, 1.54) is 12.4 Å². The largest absolute Gasteiger partial charge is 0.481 e. The summed E-state index contributed by atoms with van der Waals surface area (Å²) in [5.74, 6) is 0.305. The zero-order valence-electron chi connectivity index (χ0n) is 10.2. The van der Waals surface area contributed by atoms with Crippen LogP contribution < -0.4 is 4.74 Å². The summed E-state index contributed by atoms with van der Waals surface area (Å²) in [4.78, 5) is 8.07. The van der Waals surface area contributed by atoms with Crippen molar-refractivity contribution in [2.45, 2.75) is 13.0 Å². The molecule has 1 aromatic carbocycles. The molecule has 6 heteroatoms. The van der Waals surface area contributed by atoms with Gasteiger partial charge in [0.25, 0.3) is 5.78 Å². The van der Waals surface area contributed by atoms with Gasteiger partial charge in [0.15, 0.2) is 11.6 Å². The SMILES string of the molecule is C[C@@H](Oc1ccccc1F)c1ccnc2ncnn12. The second kappa shape index (κ2) is 4.64. The second-order valence-corrected chi connectivity index (χ2v) is 4.03. The molecule has 1 atom stereocenters. The number of fused-ring (bicyclic) bond motifs is 1. The molecular formula is C13H11FN4O. The second-order valence-electron chi connectivity index (χ2n) is 4.03. The number of aromatic nitrogens is 4. The molecule has 0 saturated heterocycles. The molecule has 0 N–H and O–H groups in total. The summed E-state index contributed by atoms with van der Waals surface area (Å²) in [5.41, 5.74) is 0.755. The number of halogens is 1. The molecule has 0 spiro atoms. The van der Waals surface area contributed by atoms with E-state index < -0.39 is 5.82 Å². The van der Waals surface area contributed by atoms with Crippen LogP contribution in [0.2, 0.25) is 0 Å². The van der Waals surface area contributed by atoms with Crippen molar-refractivity contribution < 1.29 is 9.13 Å². The number of nitrogens with zero attached hydrogens (tertiary/aromatic N) is 4. The van der Waals surface area contributed by atoms with Gasteiger partial charge >= 0.3 is 0 Å². The van der Waals surface area contributed by atoms with Crippen molar-refractivity contribution in [1.82, 2.24) is 19.6 Å². The molecule has 0 saturated carbocycles. The lowest BCUT2D eigenvalue weighted by Crippen LogP contribution is -2.10. The average Bonchev–Trinajstić information content (AvgIpc) is 2.89. The predicted octanol–water partition coefficient (Wildman–Crippen LogP) is 2.40. The van der Waals surface area contributed by atoms with E-state index in [1.807, 2.05) is 6.92 Å². The Morgan fingerprint density at radius 3 is 2.89 bits per heavy atom. The molecule has 19 heavy (non-hydrogen) atoms. The lowest BCUT2D eigenvalue weighted by atomic mass is 10.2. The highest BCUT2D eigenvalue weighted by atomic mass is 19.1. The van der Waals surface area contributed by atoms with Crippen LogP contribution in [0, 0.1) is 5.82 Å². The molecule has 0 bridgehead atoms. The summed E-state index contributed by atoms with van der Waals surface area (Å²) in [7, 11) is 0. The highest BCUT2D eigenvalue weighted by molar-refractivity contribution is 5.29. The summed E-state index contributed by atoms with van der Waals surface area (Å²) < 4.78 is 20.7. The third-order valence-electron chi connectivity index (χ3n) is 2.77. The third-order valence-corrected chi connectivity index (χ3v) is 2.77. The van der Waals surface area contributed by atoms with Crippen LogP contribution in [0.3, 0.4) is 0 Å². The van der Waals surface area contributed by atoms with Gasteiger partial charge in [-0.1, -0.05) is 12.1 Å². The summed E-state index contributed by atoms with van der Waals surface area (Å²) in [6.07, 6.45) is 2.67. The zero-order chi connectivity index (χ0) is 13.2. The van der Waals surface area contributed by atoms with Crippen LogP contribution in [0.25, 0.3) is 5.78 Å². The number of hydrogen-bond acceptors (Lipinski definition) is 4. The average molecular weight is 258 g/mol. The van der Waals surface area contributed by atoms with Gasteiger partial charge in [-0.05, 0) is 25.1 Å². The number of rotatable bonds is 3. The van der Waals surface area contributed by atoms with E-state index in [4.69, 9.17) is 4.74 Å². The van der Waals surface area contributed by atoms with Crippen LogP contribution in [0.5, 0.6) is 5.75 Å². The van der Waals surface area contributed by atoms with Crippen LogP contribution in [0.4, 0.5) is 4.39 Å². The first-order chi connectivity index (χ1) is 9.25. The molecular weight excluding hydrogens is 247 g/mol. The first kappa shape index (κ1) is 11.6. The van der Waals surface area contributed by atoms with Gasteiger partial charge in [-0.3, -0.25) is 0 Å². The maximum Gasteiger partial charge on any atom is 0.252 e. The van der Waals surface area contributed by atoms with Crippen LogP contribution >= 0.6 is 0 Å². The highest BCUT2D eigenvalue weighted by Crippen LogP contribution is 2.23. The standard InChI is InChI=1S/C13H11FN4O/c1-9(19-12-5-3-2-4-10(12)14)11-6-7-15-13-16-8-17-18(11)13/h2-9H,1H3/t9-/m1/s1. The summed E-state index contributed by atoms with van der Waals surface area (Å²) >= 11 is 0. The van der Waals surface area contributed by atoms with Crippen molar-refractivity contribution >= 4 is 5.78 Å². The number of hydrogen-bond donors (Lipinski definition) is 0. The Morgan fingerprint density at radius 2 is 2.05 bits per heavy atom. The minimum Gasteiger partial charge on any atom is -0.481 e. The Bertz CT molecular complexity index is 712. The number of benzene rings is 1. The molecule has 2 heterocycles. The predicted molar refractivity (Wildman–Crippen MR) is 66.2 cm³/mol. The fourth-order valence-electron chi connectivity index (χ4n) is 1.86. The van der Waals surface area contributed by atoms with Crippen LogP contribution in [-0.4, -0.2) is 19.6 Å². The normalized spacial score (nSPS) is 12.5. The monoisotopic (exact) mass is 258 g/mol. The smallest absolute Gasteiger partial charge is 0.252 e. The summed E-state index contributed by atoms with van der Waals surface area (Å²) in [6.45, 7) is 1.82. The Hall–Kier alpha value is -2.50. The molecule has 0 fully saturated rings. The molecule has 0 aliphatic rings. The Kier molecular flexibility index (Phi) is 2.83. The van der Waals surface area contributed by atoms with E-state index in [1.54, 1.807) is 35.0 Å². The van der Waals surface area contributed by atoms with Gasteiger partial charge in [-0.25, -0.2) is 9.37 Å². The summed E-state index contributed by atoms with van der Waals surface area (Å²) in [6, 6.07) is 8.07. The minimum absolute atomic E-state index is 0.208. The molecule has 3 aromatic rings. The Morgan fingerprint density at radius 1 is 1.21 bits per heavy atom. The minimum atomic E-state index is -0.391. The van der Waals surface area contributed by atoms with E-state index in [0.717, 1.165) is 5.69 Å². The first-order valence-corrected chi connectivity index (χ1v) is 5.81. The maximum atomic E-state index is 13.5. The van der Waals surface area contributed by atoms with Gasteiger partial charge in [0.2, 0.25) is 0 Å². The number of ether oxygens (including phenoxy) is 1. The Balaban J connectivity index is 1.94. The molecule has 0 radical (unpaired) electrons. The Labute approximate surface area is 108 Å². The van der Waals surface area contributed by atoms with Crippen LogP contribution in [0.1, 0.15) is 18.7 Å². The lowest BCUT2D eigenvalue weighted by Gasteiger charge is -2.15. The fourth-order valence-corrected chi connectivity index (χ4v) is 1.86. The number of para-hydroxylation sites is 1. The van der Waals surface area contributed by atoms with Crippen molar-refractivity contribution in [3.05, 3.63) is 54.4 Å². The van der Waals surface area contributed by atoms with Crippen LogP contribution in [0.15, 0.2) is 42.9 Å². The molecule has 0 aliphatic carbocycles. The molecule has 0 aliphatic heterocycles. The fraction of sp³-hybridized carbons (Fsp3) is 0.154. The van der Waals surface area contributed by atoms with Crippen molar-refractivity contribution in [1.29, 1.82) is 0 Å². The maximum absolute atomic E-state index is 13.5. The summed E-state index contributed by atoms with van der Waals surface area (Å²) in [5, 5.41) is 4.07. The molecule has 0 unspecified atom stereocenters. The highest BCUT2D eigenvalue weighted by Gasteiger charge is 2.14. The molecule has 3 rings (SSSR count).